The number of methoxy groups -OCH3 is 1. The molecule has 1 N–H and O–H groups in total. The zero-order valence-corrected chi connectivity index (χ0v) is 18.3. The number of benzene rings is 3. The lowest BCUT2D eigenvalue weighted by molar-refractivity contribution is -0.274. The highest BCUT2D eigenvalue weighted by Crippen LogP contribution is 2.28. The van der Waals surface area contributed by atoms with Crippen LogP contribution in [0.15, 0.2) is 88.6 Å². The average molecular weight is 467 g/mol. The fraction of sp³-hybridized carbons (Fsp3) is 0.120. The van der Waals surface area contributed by atoms with Gasteiger partial charge >= 0.3 is 6.36 Å². The molecule has 0 spiro atoms. The minimum Gasteiger partial charge on any atom is -0.497 e. The van der Waals surface area contributed by atoms with Crippen molar-refractivity contribution >= 4 is 11.4 Å². The number of rotatable bonds is 6. The Hall–Kier alpha value is -4.27. The topological polar surface area (TPSA) is 68.6 Å². The molecule has 34 heavy (non-hydrogen) atoms. The summed E-state index contributed by atoms with van der Waals surface area (Å²) in [5, 5.41) is 3.14. The molecule has 0 unspecified atom stereocenters. The molecule has 9 heteroatoms. The van der Waals surface area contributed by atoms with Crippen molar-refractivity contribution in [2.45, 2.75) is 13.3 Å². The Morgan fingerprint density at radius 3 is 2.29 bits per heavy atom. The van der Waals surface area contributed by atoms with E-state index in [1.54, 1.807) is 38.3 Å². The smallest absolute Gasteiger partial charge is 0.497 e. The molecule has 0 amide bonds. The minimum absolute atomic E-state index is 0.217. The Morgan fingerprint density at radius 2 is 1.65 bits per heavy atom. The summed E-state index contributed by atoms with van der Waals surface area (Å²) >= 11 is 0. The molecule has 4 aromatic rings. The Labute approximate surface area is 192 Å². The monoisotopic (exact) mass is 467 g/mol. The maximum absolute atomic E-state index is 13.5. The highest BCUT2D eigenvalue weighted by Gasteiger charge is 2.31. The second-order valence-corrected chi connectivity index (χ2v) is 7.31. The van der Waals surface area contributed by atoms with Gasteiger partial charge in [0.15, 0.2) is 0 Å². The fourth-order valence-corrected chi connectivity index (χ4v) is 3.50. The summed E-state index contributed by atoms with van der Waals surface area (Å²) in [5.74, 6) is 0.250. The van der Waals surface area contributed by atoms with Gasteiger partial charge in [0, 0.05) is 11.6 Å². The standard InChI is InChI=1S/C25H20F3N3O3/c1-16(29-18-9-6-10-21(15-18)34-25(26,27)28)22-23(17-7-4-3-5-8-17)30-31(24(22)32)19-11-13-20(33-2)14-12-19/h3-15,30H,1-2H3. The Kier molecular flexibility index (Phi) is 6.27. The lowest BCUT2D eigenvalue weighted by Crippen LogP contribution is -2.19. The van der Waals surface area contributed by atoms with E-state index in [1.807, 2.05) is 30.3 Å². The van der Waals surface area contributed by atoms with Gasteiger partial charge in [-0.15, -0.1) is 13.2 Å². The van der Waals surface area contributed by atoms with Gasteiger partial charge in [0.2, 0.25) is 0 Å². The number of nitrogens with zero attached hydrogens (tertiary/aromatic N) is 2. The van der Waals surface area contributed by atoms with E-state index in [9.17, 15) is 18.0 Å². The van der Waals surface area contributed by atoms with Gasteiger partial charge in [-0.3, -0.25) is 14.9 Å². The van der Waals surface area contributed by atoms with Crippen molar-refractivity contribution in [2.24, 2.45) is 4.99 Å². The van der Waals surface area contributed by atoms with Crippen LogP contribution in [0.3, 0.4) is 0 Å². The normalized spacial score (nSPS) is 12.0. The Balaban J connectivity index is 1.82. The molecule has 0 aliphatic rings. The number of alkyl halides is 3. The maximum Gasteiger partial charge on any atom is 0.573 e. The molecule has 0 atom stereocenters. The molecule has 0 saturated heterocycles. The van der Waals surface area contributed by atoms with E-state index in [0.717, 1.165) is 11.6 Å². The van der Waals surface area contributed by atoms with Crippen LogP contribution in [0.4, 0.5) is 18.9 Å². The van der Waals surface area contributed by atoms with Crippen LogP contribution < -0.4 is 15.0 Å². The predicted molar refractivity (Wildman–Crippen MR) is 123 cm³/mol. The number of aromatic nitrogens is 2. The lowest BCUT2D eigenvalue weighted by atomic mass is 10.1. The summed E-state index contributed by atoms with van der Waals surface area (Å²) in [6.07, 6.45) is -4.81. The van der Waals surface area contributed by atoms with E-state index in [4.69, 9.17) is 4.74 Å². The van der Waals surface area contributed by atoms with Crippen LogP contribution in [0, 0.1) is 0 Å². The first-order valence-corrected chi connectivity index (χ1v) is 10.2. The van der Waals surface area contributed by atoms with E-state index in [0.29, 0.717) is 28.4 Å². The summed E-state index contributed by atoms with van der Waals surface area (Å²) in [4.78, 5) is 17.9. The summed E-state index contributed by atoms with van der Waals surface area (Å²) in [6.45, 7) is 1.63. The van der Waals surface area contributed by atoms with Gasteiger partial charge in [-0.1, -0.05) is 36.4 Å². The molecule has 0 fully saturated rings. The number of aromatic amines is 1. The van der Waals surface area contributed by atoms with E-state index >= 15 is 0 Å². The van der Waals surface area contributed by atoms with Gasteiger partial charge in [0.25, 0.3) is 5.56 Å². The van der Waals surface area contributed by atoms with Crippen LogP contribution in [0.5, 0.6) is 11.5 Å². The number of aliphatic imine (C=N–C) groups is 1. The third kappa shape index (κ3) is 5.03. The second-order valence-electron chi connectivity index (χ2n) is 7.31. The van der Waals surface area contributed by atoms with Crippen LogP contribution in [0.2, 0.25) is 0 Å². The molecule has 0 saturated carbocycles. The van der Waals surface area contributed by atoms with Gasteiger partial charge in [-0.2, -0.15) is 0 Å². The van der Waals surface area contributed by atoms with E-state index in [2.05, 4.69) is 14.8 Å². The number of hydrogen-bond acceptors (Lipinski definition) is 4. The molecule has 4 rings (SSSR count). The quantitative estimate of drug-likeness (QED) is 0.360. The molecule has 0 aliphatic carbocycles. The molecule has 1 aromatic heterocycles. The van der Waals surface area contributed by atoms with E-state index in [1.165, 1.54) is 22.9 Å². The molecule has 174 valence electrons. The van der Waals surface area contributed by atoms with Crippen LogP contribution >= 0.6 is 0 Å². The van der Waals surface area contributed by atoms with Crippen molar-refractivity contribution in [1.82, 2.24) is 9.78 Å². The van der Waals surface area contributed by atoms with Crippen LogP contribution in [-0.2, 0) is 0 Å². The first-order chi connectivity index (χ1) is 16.2. The molecule has 0 bridgehead atoms. The number of H-pyrrole nitrogens is 1. The van der Waals surface area contributed by atoms with Crippen molar-refractivity contribution in [3.8, 4) is 28.4 Å². The first-order valence-electron chi connectivity index (χ1n) is 10.2. The molecular weight excluding hydrogens is 447 g/mol. The highest BCUT2D eigenvalue weighted by atomic mass is 19.4. The zero-order valence-electron chi connectivity index (χ0n) is 18.3. The van der Waals surface area contributed by atoms with Gasteiger partial charge in [-0.25, -0.2) is 4.68 Å². The summed E-state index contributed by atoms with van der Waals surface area (Å²) < 4.78 is 48.3. The van der Waals surface area contributed by atoms with Crippen molar-refractivity contribution in [1.29, 1.82) is 0 Å². The molecule has 0 radical (unpaired) electrons. The van der Waals surface area contributed by atoms with Crippen molar-refractivity contribution < 1.29 is 22.6 Å². The predicted octanol–water partition coefficient (Wildman–Crippen LogP) is 5.88. The molecule has 0 aliphatic heterocycles. The molecule has 1 heterocycles. The van der Waals surface area contributed by atoms with Crippen molar-refractivity contribution in [3.05, 3.63) is 94.8 Å². The molecular formula is C25H20F3N3O3. The lowest BCUT2D eigenvalue weighted by Gasteiger charge is -2.09. The van der Waals surface area contributed by atoms with Crippen molar-refractivity contribution in [2.75, 3.05) is 7.11 Å². The van der Waals surface area contributed by atoms with E-state index < -0.39 is 12.1 Å². The Morgan fingerprint density at radius 1 is 0.941 bits per heavy atom. The van der Waals surface area contributed by atoms with Gasteiger partial charge in [0.1, 0.15) is 11.5 Å². The number of hydrogen-bond donors (Lipinski definition) is 1. The van der Waals surface area contributed by atoms with E-state index in [-0.39, 0.29) is 11.2 Å². The van der Waals surface area contributed by atoms with Crippen LogP contribution in [0.25, 0.3) is 16.9 Å². The van der Waals surface area contributed by atoms with Crippen LogP contribution in [-0.4, -0.2) is 29.0 Å². The number of halogens is 3. The molecule has 3 aromatic carbocycles. The molecule has 6 nitrogen and oxygen atoms in total. The summed E-state index contributed by atoms with van der Waals surface area (Å²) in [5.41, 5.74) is 2.36. The highest BCUT2D eigenvalue weighted by molar-refractivity contribution is 6.04. The van der Waals surface area contributed by atoms with Gasteiger partial charge in [0.05, 0.1) is 35.5 Å². The van der Waals surface area contributed by atoms with Gasteiger partial charge < -0.3 is 9.47 Å². The zero-order chi connectivity index (χ0) is 24.3. The SMILES string of the molecule is COc1ccc(-n2[nH]c(-c3ccccc3)c(C(C)=Nc3cccc(OC(F)(F)F)c3)c2=O)cc1. The first kappa shape index (κ1) is 22.9. The van der Waals surface area contributed by atoms with Crippen LogP contribution in [0.1, 0.15) is 12.5 Å². The number of ether oxygens (including phenoxy) is 2. The largest absolute Gasteiger partial charge is 0.573 e. The minimum atomic E-state index is -4.81. The maximum atomic E-state index is 13.5. The van der Waals surface area contributed by atoms with Crippen molar-refractivity contribution in [3.63, 3.8) is 0 Å². The second kappa shape index (κ2) is 9.30. The Bertz CT molecular complexity index is 1370. The number of nitrogens with one attached hydrogen (secondary N) is 1. The average Bonchev–Trinajstić information content (AvgIpc) is 3.16. The third-order valence-corrected chi connectivity index (χ3v) is 4.99. The van der Waals surface area contributed by atoms with Gasteiger partial charge in [-0.05, 0) is 43.3 Å². The third-order valence-electron chi connectivity index (χ3n) is 4.99. The summed E-state index contributed by atoms with van der Waals surface area (Å²) in [7, 11) is 1.55. The fourth-order valence-electron chi connectivity index (χ4n) is 3.50. The summed E-state index contributed by atoms with van der Waals surface area (Å²) in [6, 6.07) is 21.4.